The van der Waals surface area contributed by atoms with Crippen LogP contribution in [0.3, 0.4) is 0 Å². The monoisotopic (exact) mass is 613 g/mol. The maximum Gasteiger partial charge on any atom is 0.341 e. The molecule has 3 aliphatic rings. The molecule has 9 nitrogen and oxygen atoms in total. The van der Waals surface area contributed by atoms with E-state index in [1.807, 2.05) is 12.1 Å². The Hall–Kier alpha value is -5.07. The highest BCUT2D eigenvalue weighted by molar-refractivity contribution is 6.10. The van der Waals surface area contributed by atoms with Gasteiger partial charge in [-0.15, -0.1) is 0 Å². The molecule has 2 aliphatic heterocycles. The summed E-state index contributed by atoms with van der Waals surface area (Å²) in [6, 6.07) is 13.7. The summed E-state index contributed by atoms with van der Waals surface area (Å²) in [6.07, 6.45) is 0.733. The summed E-state index contributed by atoms with van der Waals surface area (Å²) in [7, 11) is 1.60. The summed E-state index contributed by atoms with van der Waals surface area (Å²) < 4.78 is 42.9. The Kier molecular flexibility index (Phi) is 7.42. The second-order valence-electron chi connectivity index (χ2n) is 11.9. The fraction of sp³-hybridized carbons (Fsp3) is 0.333. The van der Waals surface area contributed by atoms with Gasteiger partial charge in [0.05, 0.1) is 49.7 Å². The zero-order valence-corrected chi connectivity index (χ0v) is 24.3. The normalized spacial score (nSPS) is 24.2. The number of halogens is 3. The first-order chi connectivity index (χ1) is 21.5. The third kappa shape index (κ3) is 5.21. The molecule has 2 aromatic carbocycles. The van der Waals surface area contributed by atoms with Gasteiger partial charge in [0.2, 0.25) is 5.91 Å². The Morgan fingerprint density at radius 3 is 2.49 bits per heavy atom. The Balaban J connectivity index is 1.53. The van der Waals surface area contributed by atoms with Gasteiger partial charge in [0.15, 0.2) is 6.04 Å². The van der Waals surface area contributed by atoms with E-state index < -0.39 is 60.4 Å². The first-order valence-corrected chi connectivity index (χ1v) is 14.5. The van der Waals surface area contributed by atoms with Gasteiger partial charge < -0.3 is 0 Å². The van der Waals surface area contributed by atoms with Gasteiger partial charge in [0.25, 0.3) is 11.8 Å². The van der Waals surface area contributed by atoms with Crippen LogP contribution in [-0.4, -0.2) is 58.8 Å². The largest absolute Gasteiger partial charge is 0.341 e. The fourth-order valence-corrected chi connectivity index (χ4v) is 6.72. The van der Waals surface area contributed by atoms with Gasteiger partial charge in [-0.25, -0.2) is 22.9 Å². The number of hydrogen-bond donors (Lipinski definition) is 0. The van der Waals surface area contributed by atoms with Crippen molar-refractivity contribution < 1.29 is 32.0 Å². The molecule has 0 bridgehead atoms. The highest BCUT2D eigenvalue weighted by Crippen LogP contribution is 2.47. The molecular formula is C33H28F3N6O3+. The van der Waals surface area contributed by atoms with Crippen LogP contribution in [0.25, 0.3) is 0 Å². The molecule has 1 unspecified atom stereocenters. The number of anilines is 2. The first-order valence-electron chi connectivity index (χ1n) is 14.5. The van der Waals surface area contributed by atoms with Crippen LogP contribution in [0.2, 0.25) is 0 Å². The van der Waals surface area contributed by atoms with E-state index in [0.29, 0.717) is 12.0 Å². The van der Waals surface area contributed by atoms with Crippen molar-refractivity contribution in [2.45, 2.75) is 56.2 Å². The molecule has 0 radical (unpaired) electrons. The quantitative estimate of drug-likeness (QED) is 0.390. The Bertz CT molecular complexity index is 1810. The van der Waals surface area contributed by atoms with Gasteiger partial charge in [-0.05, 0) is 47.9 Å². The minimum Gasteiger partial charge on any atom is -0.290 e. The number of aromatic nitrogens is 1. The molecule has 3 aromatic rings. The summed E-state index contributed by atoms with van der Waals surface area (Å²) in [6.45, 7) is 0.209. The highest BCUT2D eigenvalue weighted by atomic mass is 19.3. The average Bonchev–Trinajstić information content (AvgIpc) is 3.37. The van der Waals surface area contributed by atoms with Crippen molar-refractivity contribution in [2.75, 3.05) is 23.4 Å². The van der Waals surface area contributed by atoms with E-state index >= 15 is 4.39 Å². The number of nitriles is 2. The van der Waals surface area contributed by atoms with Crippen LogP contribution in [0.4, 0.5) is 24.7 Å². The van der Waals surface area contributed by atoms with E-state index in [-0.39, 0.29) is 46.5 Å². The summed E-state index contributed by atoms with van der Waals surface area (Å²) >= 11 is 0. The summed E-state index contributed by atoms with van der Waals surface area (Å²) in [5, 5.41) is 19.1. The Labute approximate surface area is 257 Å². The summed E-state index contributed by atoms with van der Waals surface area (Å²) in [5.74, 6) is -5.36. The number of quaternary nitrogens is 1. The van der Waals surface area contributed by atoms with E-state index in [0.717, 1.165) is 22.6 Å². The van der Waals surface area contributed by atoms with E-state index in [9.17, 15) is 33.7 Å². The lowest BCUT2D eigenvalue weighted by Crippen LogP contribution is -2.66. The standard InChI is InChI=1S/C33H28F3N6O3/c1-42(25-16-33(35,36)17-25)11-9-22-4-2-3-5-26(22)30(32(42)45)40(24-13-21(19-38)12-23(34)15-24)31(44)27-6-7-29(43)41(27)28-14-20(18-37)8-10-39-28/h2-5,8,10,12-15,25,27,30H,6-7,9,11,16-17H2,1H3/q+1/t27-,30-,42?/m0/s1. The van der Waals surface area contributed by atoms with Gasteiger partial charge in [0, 0.05) is 24.7 Å². The number of carbonyl (C=O) groups is 3. The highest BCUT2D eigenvalue weighted by Gasteiger charge is 2.60. The molecule has 0 spiro atoms. The molecule has 1 aliphatic carbocycles. The zero-order valence-electron chi connectivity index (χ0n) is 24.3. The second kappa shape index (κ2) is 11.1. The number of alkyl halides is 2. The third-order valence-corrected chi connectivity index (χ3v) is 9.21. The van der Waals surface area contributed by atoms with Crippen molar-refractivity contribution in [1.29, 1.82) is 10.5 Å². The number of likely N-dealkylation sites (N-methyl/N-ethyl adjacent to an activating group) is 1. The van der Waals surface area contributed by atoms with Crippen molar-refractivity contribution in [2.24, 2.45) is 0 Å². The molecule has 45 heavy (non-hydrogen) atoms. The molecule has 1 saturated heterocycles. The van der Waals surface area contributed by atoms with Gasteiger partial charge >= 0.3 is 5.91 Å². The van der Waals surface area contributed by atoms with Gasteiger partial charge in [-0.2, -0.15) is 10.5 Å². The lowest BCUT2D eigenvalue weighted by molar-refractivity contribution is -0.871. The second-order valence-corrected chi connectivity index (χ2v) is 11.9. The van der Waals surface area contributed by atoms with E-state index in [1.54, 1.807) is 31.3 Å². The number of fused-ring (bicyclic) bond motifs is 1. The van der Waals surface area contributed by atoms with Gasteiger partial charge in [-0.3, -0.25) is 23.9 Å². The lowest BCUT2D eigenvalue weighted by atomic mass is 9.84. The molecular weight excluding hydrogens is 585 g/mol. The minimum atomic E-state index is -2.91. The third-order valence-electron chi connectivity index (χ3n) is 9.21. The molecule has 1 saturated carbocycles. The number of rotatable bonds is 5. The van der Waals surface area contributed by atoms with E-state index in [4.69, 9.17) is 0 Å². The van der Waals surface area contributed by atoms with Crippen molar-refractivity contribution in [3.8, 4) is 12.1 Å². The summed E-state index contributed by atoms with van der Waals surface area (Å²) in [5.41, 5.74) is 1.20. The average molecular weight is 614 g/mol. The minimum absolute atomic E-state index is 0.0323. The van der Waals surface area contributed by atoms with Crippen molar-refractivity contribution in [3.63, 3.8) is 0 Å². The van der Waals surface area contributed by atoms with Gasteiger partial charge in [-0.1, -0.05) is 24.3 Å². The van der Waals surface area contributed by atoms with Gasteiger partial charge in [0.1, 0.15) is 23.7 Å². The number of nitrogens with zero attached hydrogens (tertiary/aromatic N) is 6. The molecule has 228 valence electrons. The molecule has 2 fully saturated rings. The van der Waals surface area contributed by atoms with Crippen molar-refractivity contribution in [1.82, 2.24) is 4.98 Å². The number of pyridine rings is 1. The molecule has 3 heterocycles. The molecule has 6 rings (SSSR count). The molecule has 3 amide bonds. The number of benzene rings is 2. The van der Waals surface area contributed by atoms with Crippen LogP contribution in [-0.2, 0) is 20.8 Å². The smallest absolute Gasteiger partial charge is 0.290 e. The fourth-order valence-electron chi connectivity index (χ4n) is 6.72. The topological polar surface area (TPSA) is 118 Å². The molecule has 1 aromatic heterocycles. The molecule has 0 N–H and O–H groups in total. The van der Waals surface area contributed by atoms with Crippen LogP contribution in [0.1, 0.15) is 54.0 Å². The number of hydrogen-bond acceptors (Lipinski definition) is 6. The van der Waals surface area contributed by atoms with Crippen LogP contribution in [0.15, 0.2) is 60.8 Å². The van der Waals surface area contributed by atoms with E-state index in [2.05, 4.69) is 4.98 Å². The predicted molar refractivity (Wildman–Crippen MR) is 155 cm³/mol. The summed E-state index contributed by atoms with van der Waals surface area (Å²) in [4.78, 5) is 49.3. The van der Waals surface area contributed by atoms with E-state index in [1.165, 1.54) is 29.3 Å². The first kappa shape index (κ1) is 30.0. The maximum absolute atomic E-state index is 15.0. The number of amides is 3. The Morgan fingerprint density at radius 2 is 1.78 bits per heavy atom. The predicted octanol–water partition coefficient (Wildman–Crippen LogP) is 4.56. The van der Waals surface area contributed by atoms with Crippen molar-refractivity contribution >= 4 is 29.2 Å². The zero-order chi connectivity index (χ0) is 32.1. The lowest BCUT2D eigenvalue weighted by Gasteiger charge is -2.48. The van der Waals surface area contributed by atoms with Crippen LogP contribution < -0.4 is 9.80 Å². The van der Waals surface area contributed by atoms with Crippen LogP contribution in [0, 0.1) is 28.5 Å². The van der Waals surface area contributed by atoms with Crippen LogP contribution >= 0.6 is 0 Å². The van der Waals surface area contributed by atoms with Crippen LogP contribution in [0.5, 0.6) is 0 Å². The SMILES string of the molecule is C[N+]1(C2CC(F)(F)C2)CCc2ccccc2[C@H](N(C(=O)[C@@H]2CCC(=O)N2c2cc(C#N)ccn2)c2cc(F)cc(C#N)c2)C1=O. The van der Waals surface area contributed by atoms with Crippen molar-refractivity contribution in [3.05, 3.63) is 88.9 Å². The Morgan fingerprint density at radius 1 is 1.04 bits per heavy atom. The number of carbonyl (C=O) groups excluding carboxylic acids is 3. The maximum atomic E-state index is 15.0. The molecule has 3 atom stereocenters. The molecule has 12 heteroatoms.